The average Bonchev–Trinajstić information content (AvgIpc) is 3.50. The van der Waals surface area contributed by atoms with Crippen molar-refractivity contribution < 1.29 is 27.1 Å². The minimum atomic E-state index is -3.89. The van der Waals surface area contributed by atoms with E-state index in [1.807, 2.05) is 0 Å². The Bertz CT molecular complexity index is 944. The van der Waals surface area contributed by atoms with Crippen molar-refractivity contribution in [2.45, 2.75) is 29.9 Å². The molecule has 2 aromatic rings. The van der Waals surface area contributed by atoms with E-state index in [9.17, 15) is 22.4 Å². The van der Waals surface area contributed by atoms with Gasteiger partial charge in [0.15, 0.2) is 0 Å². The molecule has 0 saturated heterocycles. The van der Waals surface area contributed by atoms with E-state index in [1.54, 1.807) is 18.2 Å². The first-order valence-corrected chi connectivity index (χ1v) is 10.1. The van der Waals surface area contributed by atoms with Gasteiger partial charge in [-0.25, -0.2) is 12.8 Å². The summed E-state index contributed by atoms with van der Waals surface area (Å²) in [5.74, 6) is -1.96. The highest BCUT2D eigenvalue weighted by Crippen LogP contribution is 2.23. The number of hydrogen-bond acceptors (Lipinski definition) is 5. The Kier molecular flexibility index (Phi) is 6.05. The van der Waals surface area contributed by atoms with E-state index in [0.717, 1.165) is 25.0 Å². The molecule has 0 aromatic heterocycles. The number of esters is 1. The predicted molar refractivity (Wildman–Crippen MR) is 98.0 cm³/mol. The van der Waals surface area contributed by atoms with Crippen LogP contribution >= 0.6 is 0 Å². The number of sulfonamides is 1. The lowest BCUT2D eigenvalue weighted by molar-refractivity contribution is -0.155. The molecule has 1 unspecified atom stereocenters. The van der Waals surface area contributed by atoms with Crippen molar-refractivity contribution in [1.82, 2.24) is 10.0 Å². The summed E-state index contributed by atoms with van der Waals surface area (Å²) in [6, 6.07) is 12.6. The van der Waals surface area contributed by atoms with E-state index in [4.69, 9.17) is 4.74 Å². The first-order chi connectivity index (χ1) is 13.3. The number of ether oxygens (including phenoxy) is 1. The molecule has 1 amide bonds. The van der Waals surface area contributed by atoms with Crippen LogP contribution in [0.2, 0.25) is 0 Å². The summed E-state index contributed by atoms with van der Waals surface area (Å²) in [5, 5.41) is 2.72. The van der Waals surface area contributed by atoms with Crippen LogP contribution in [0.4, 0.5) is 4.39 Å². The summed E-state index contributed by atoms with van der Waals surface area (Å²) >= 11 is 0. The van der Waals surface area contributed by atoms with Gasteiger partial charge in [0.25, 0.3) is 5.91 Å². The first-order valence-electron chi connectivity index (χ1n) is 8.65. The maximum absolute atomic E-state index is 13.2. The fraction of sp³-hybridized carbons (Fsp3) is 0.263. The molecular weight excluding hydrogens is 387 g/mol. The Hall–Kier alpha value is -2.78. The molecule has 1 aliphatic carbocycles. The molecule has 7 nitrogen and oxygen atoms in total. The summed E-state index contributed by atoms with van der Waals surface area (Å²) < 4.78 is 44.9. The van der Waals surface area contributed by atoms with Gasteiger partial charge in [0.05, 0.1) is 4.90 Å². The molecule has 0 bridgehead atoms. The molecule has 0 aliphatic heterocycles. The van der Waals surface area contributed by atoms with E-state index < -0.39 is 40.4 Å². The summed E-state index contributed by atoms with van der Waals surface area (Å²) in [6.07, 6.45) is 0.384. The van der Waals surface area contributed by atoms with Crippen molar-refractivity contribution in [3.8, 4) is 0 Å². The second kappa shape index (κ2) is 8.49. The van der Waals surface area contributed by atoms with Crippen molar-refractivity contribution in [2.75, 3.05) is 6.54 Å². The molecule has 148 valence electrons. The Morgan fingerprint density at radius 1 is 1.07 bits per heavy atom. The number of carbonyl (C=O) groups is 2. The lowest BCUT2D eigenvalue weighted by atomic mass is 10.1. The monoisotopic (exact) mass is 406 g/mol. The van der Waals surface area contributed by atoms with E-state index in [0.29, 0.717) is 5.56 Å². The molecule has 0 heterocycles. The Morgan fingerprint density at radius 3 is 2.32 bits per heavy atom. The Labute approximate surface area is 161 Å². The van der Waals surface area contributed by atoms with Crippen LogP contribution < -0.4 is 10.0 Å². The summed E-state index contributed by atoms with van der Waals surface area (Å²) in [4.78, 5) is 24.6. The van der Waals surface area contributed by atoms with Crippen molar-refractivity contribution in [3.63, 3.8) is 0 Å². The number of amides is 1. The fourth-order valence-electron chi connectivity index (χ4n) is 2.43. The molecule has 1 aliphatic rings. The van der Waals surface area contributed by atoms with Crippen LogP contribution in [0.1, 0.15) is 24.5 Å². The summed E-state index contributed by atoms with van der Waals surface area (Å²) in [6.45, 7) is -0.647. The third-order valence-electron chi connectivity index (χ3n) is 4.04. The van der Waals surface area contributed by atoms with Crippen LogP contribution in [0, 0.1) is 5.82 Å². The van der Waals surface area contributed by atoms with E-state index in [2.05, 4.69) is 10.0 Å². The Balaban J connectivity index is 1.66. The number of carbonyl (C=O) groups excluding carboxylic acids is 2. The van der Waals surface area contributed by atoms with E-state index in [1.165, 1.54) is 24.3 Å². The summed E-state index contributed by atoms with van der Waals surface area (Å²) in [7, 11) is -3.89. The van der Waals surface area contributed by atoms with Gasteiger partial charge < -0.3 is 10.1 Å². The molecule has 1 saturated carbocycles. The number of halogens is 1. The average molecular weight is 406 g/mol. The van der Waals surface area contributed by atoms with Crippen LogP contribution in [-0.2, 0) is 24.3 Å². The second-order valence-electron chi connectivity index (χ2n) is 6.34. The van der Waals surface area contributed by atoms with Gasteiger partial charge in [-0.1, -0.05) is 30.3 Å². The maximum atomic E-state index is 13.2. The van der Waals surface area contributed by atoms with Crippen LogP contribution in [0.5, 0.6) is 0 Å². The van der Waals surface area contributed by atoms with Gasteiger partial charge >= 0.3 is 5.97 Å². The molecule has 28 heavy (non-hydrogen) atoms. The topological polar surface area (TPSA) is 102 Å². The predicted octanol–water partition coefficient (Wildman–Crippen LogP) is 1.67. The standard InChI is InChI=1S/C19H19FN2O5S/c20-14-8-6-13(7-9-14)18(19(24)22-15-10-11-15)27-17(23)12-21-28(25,26)16-4-2-1-3-5-16/h1-9,15,18,21H,10-12H2,(H,22,24). The minimum Gasteiger partial charge on any atom is -0.446 e. The van der Waals surface area contributed by atoms with Crippen molar-refractivity contribution in [1.29, 1.82) is 0 Å². The molecule has 0 spiro atoms. The van der Waals surface area contributed by atoms with Crippen molar-refractivity contribution in [3.05, 3.63) is 66.0 Å². The molecule has 1 atom stereocenters. The molecule has 2 aromatic carbocycles. The van der Waals surface area contributed by atoms with Crippen LogP contribution in [0.3, 0.4) is 0 Å². The van der Waals surface area contributed by atoms with Crippen molar-refractivity contribution >= 4 is 21.9 Å². The minimum absolute atomic E-state index is 0.00404. The maximum Gasteiger partial charge on any atom is 0.322 e. The number of hydrogen-bond donors (Lipinski definition) is 2. The lowest BCUT2D eigenvalue weighted by Gasteiger charge is -2.18. The zero-order valence-corrected chi connectivity index (χ0v) is 15.6. The smallest absolute Gasteiger partial charge is 0.322 e. The van der Waals surface area contributed by atoms with Gasteiger partial charge in [-0.3, -0.25) is 9.59 Å². The van der Waals surface area contributed by atoms with Gasteiger partial charge in [-0.15, -0.1) is 0 Å². The van der Waals surface area contributed by atoms with E-state index in [-0.39, 0.29) is 10.9 Å². The molecule has 1 fully saturated rings. The first kappa shape index (κ1) is 20.0. The fourth-order valence-corrected chi connectivity index (χ4v) is 3.42. The van der Waals surface area contributed by atoms with Gasteiger partial charge in [0.1, 0.15) is 12.4 Å². The lowest BCUT2D eigenvalue weighted by Crippen LogP contribution is -2.36. The highest BCUT2D eigenvalue weighted by atomic mass is 32.2. The van der Waals surface area contributed by atoms with Crippen molar-refractivity contribution in [2.24, 2.45) is 0 Å². The normalized spacial score (nSPS) is 14.9. The van der Waals surface area contributed by atoms with Crippen LogP contribution in [0.15, 0.2) is 59.5 Å². The van der Waals surface area contributed by atoms with Gasteiger partial charge in [-0.2, -0.15) is 4.72 Å². The highest BCUT2D eigenvalue weighted by Gasteiger charge is 2.31. The highest BCUT2D eigenvalue weighted by molar-refractivity contribution is 7.89. The second-order valence-corrected chi connectivity index (χ2v) is 8.11. The van der Waals surface area contributed by atoms with Gasteiger partial charge in [0.2, 0.25) is 16.1 Å². The van der Waals surface area contributed by atoms with Gasteiger partial charge in [0, 0.05) is 11.6 Å². The zero-order chi connectivity index (χ0) is 20.1. The third-order valence-corrected chi connectivity index (χ3v) is 5.46. The van der Waals surface area contributed by atoms with Gasteiger partial charge in [-0.05, 0) is 37.1 Å². The van der Waals surface area contributed by atoms with E-state index >= 15 is 0 Å². The third kappa shape index (κ3) is 5.37. The molecule has 0 radical (unpaired) electrons. The summed E-state index contributed by atoms with van der Waals surface area (Å²) in [5.41, 5.74) is 0.291. The largest absolute Gasteiger partial charge is 0.446 e. The zero-order valence-electron chi connectivity index (χ0n) is 14.8. The number of rotatable bonds is 8. The molecular formula is C19H19FN2O5S. The number of benzene rings is 2. The van der Waals surface area contributed by atoms with Crippen LogP contribution in [0.25, 0.3) is 0 Å². The SMILES string of the molecule is O=C(CNS(=O)(=O)c1ccccc1)OC(C(=O)NC1CC1)c1ccc(F)cc1. The molecule has 3 rings (SSSR count). The quantitative estimate of drug-likeness (QED) is 0.650. The van der Waals surface area contributed by atoms with Crippen LogP contribution in [-0.4, -0.2) is 32.9 Å². The molecule has 2 N–H and O–H groups in total. The molecule has 9 heteroatoms. The Morgan fingerprint density at radius 2 is 1.71 bits per heavy atom. The number of nitrogens with one attached hydrogen (secondary N) is 2.